The minimum atomic E-state index is -0.469. The monoisotopic (exact) mass is 345 g/mol. The first-order valence-electron chi connectivity index (χ1n) is 7.82. The van der Waals surface area contributed by atoms with E-state index >= 15 is 0 Å². The van der Waals surface area contributed by atoms with Crippen LogP contribution in [0.3, 0.4) is 0 Å². The molecule has 7 nitrogen and oxygen atoms in total. The first-order valence-corrected chi connectivity index (χ1v) is 8.64. The summed E-state index contributed by atoms with van der Waals surface area (Å²) in [4.78, 5) is 28.2. The molecule has 1 fully saturated rings. The molecule has 8 heteroatoms. The molecule has 0 radical (unpaired) electrons. The number of hydrogen-bond acceptors (Lipinski definition) is 5. The number of para-hydroxylation sites is 1. The Labute approximate surface area is 144 Å². The average Bonchev–Trinajstić information content (AvgIpc) is 3.21. The van der Waals surface area contributed by atoms with Gasteiger partial charge in [-0.05, 0) is 25.0 Å². The van der Waals surface area contributed by atoms with E-state index in [4.69, 9.17) is 0 Å². The van der Waals surface area contributed by atoms with Gasteiger partial charge in [0.25, 0.3) is 0 Å². The Morgan fingerprint density at radius 3 is 2.79 bits per heavy atom. The second-order valence-electron chi connectivity index (χ2n) is 5.53. The molecule has 126 valence electrons. The van der Waals surface area contributed by atoms with Gasteiger partial charge in [0.1, 0.15) is 11.0 Å². The molecule has 1 atom stereocenters. The van der Waals surface area contributed by atoms with E-state index in [1.54, 1.807) is 11.9 Å². The summed E-state index contributed by atoms with van der Waals surface area (Å²) in [6, 6.07) is 8.68. The average molecular weight is 345 g/mol. The Hall–Kier alpha value is -2.48. The van der Waals surface area contributed by atoms with Crippen LogP contribution in [0.2, 0.25) is 0 Å². The fourth-order valence-corrected chi connectivity index (χ4v) is 3.33. The van der Waals surface area contributed by atoms with Crippen molar-refractivity contribution >= 4 is 34.1 Å². The maximum atomic E-state index is 12.6. The number of amides is 3. The van der Waals surface area contributed by atoms with Crippen LogP contribution in [0.1, 0.15) is 18.4 Å². The van der Waals surface area contributed by atoms with E-state index in [0.717, 1.165) is 17.1 Å². The highest BCUT2D eigenvalue weighted by Gasteiger charge is 2.37. The van der Waals surface area contributed by atoms with Gasteiger partial charge in [-0.3, -0.25) is 10.1 Å². The smallest absolute Gasteiger partial charge is 0.315 e. The van der Waals surface area contributed by atoms with Gasteiger partial charge >= 0.3 is 6.03 Å². The maximum absolute atomic E-state index is 12.6. The van der Waals surface area contributed by atoms with E-state index < -0.39 is 6.04 Å². The van der Waals surface area contributed by atoms with Crippen molar-refractivity contribution < 1.29 is 9.59 Å². The summed E-state index contributed by atoms with van der Waals surface area (Å²) < 4.78 is 0. The first kappa shape index (κ1) is 16.4. The zero-order valence-electron chi connectivity index (χ0n) is 13.6. The molecule has 2 heterocycles. The highest BCUT2D eigenvalue weighted by molar-refractivity contribution is 7.15. The number of aryl methyl sites for hydroxylation is 1. The summed E-state index contributed by atoms with van der Waals surface area (Å²) in [5.74, 6) is -0.0645. The first-order chi connectivity index (χ1) is 11.6. The van der Waals surface area contributed by atoms with Crippen LogP contribution in [0.15, 0.2) is 30.3 Å². The van der Waals surface area contributed by atoms with E-state index in [1.807, 2.05) is 37.3 Å². The number of hydrogen-bond donors (Lipinski definition) is 1. The van der Waals surface area contributed by atoms with Gasteiger partial charge in [0, 0.05) is 19.3 Å². The van der Waals surface area contributed by atoms with Gasteiger partial charge in [-0.2, -0.15) is 0 Å². The Morgan fingerprint density at radius 2 is 2.12 bits per heavy atom. The van der Waals surface area contributed by atoms with E-state index in [0.29, 0.717) is 18.1 Å². The van der Waals surface area contributed by atoms with Crippen molar-refractivity contribution in [2.24, 2.45) is 0 Å². The Bertz CT molecular complexity index is 733. The van der Waals surface area contributed by atoms with Gasteiger partial charge in [0.2, 0.25) is 11.0 Å². The Balaban J connectivity index is 1.65. The number of urea groups is 1. The molecule has 1 unspecified atom stereocenters. The summed E-state index contributed by atoms with van der Waals surface area (Å²) in [5.41, 5.74) is 0.857. The lowest BCUT2D eigenvalue weighted by Gasteiger charge is -2.23. The van der Waals surface area contributed by atoms with Crippen LogP contribution in [0, 0.1) is 0 Å². The standard InChI is InChI=1S/C16H19N5O2S/c1-3-13-18-19-15(24-13)17-16(23)20(2)12-9-10-21(14(12)22)11-7-5-4-6-8-11/h4-8,12H,3,9-10H2,1-2H3,(H,17,19,23). The third-order valence-electron chi connectivity index (χ3n) is 4.02. The third-order valence-corrected chi connectivity index (χ3v) is 5.00. The van der Waals surface area contributed by atoms with Gasteiger partial charge in [0.05, 0.1) is 0 Å². The molecule has 1 aromatic carbocycles. The molecular weight excluding hydrogens is 326 g/mol. The lowest BCUT2D eigenvalue weighted by molar-refractivity contribution is -0.120. The van der Waals surface area contributed by atoms with Gasteiger partial charge in [-0.15, -0.1) is 10.2 Å². The minimum Gasteiger partial charge on any atom is -0.315 e. The van der Waals surface area contributed by atoms with Crippen LogP contribution in [0.4, 0.5) is 15.6 Å². The number of carbonyl (C=O) groups is 2. The summed E-state index contributed by atoms with van der Waals surface area (Å²) in [6.45, 7) is 2.58. The molecule has 1 saturated heterocycles. The second kappa shape index (κ2) is 6.96. The fourth-order valence-electron chi connectivity index (χ4n) is 2.66. The molecule has 0 aliphatic carbocycles. The largest absolute Gasteiger partial charge is 0.324 e. The van der Waals surface area contributed by atoms with Gasteiger partial charge in [-0.1, -0.05) is 36.5 Å². The fraction of sp³-hybridized carbons (Fsp3) is 0.375. The summed E-state index contributed by atoms with van der Waals surface area (Å²) in [7, 11) is 1.63. The summed E-state index contributed by atoms with van der Waals surface area (Å²) in [6.07, 6.45) is 1.38. The van der Waals surface area contributed by atoms with Crippen molar-refractivity contribution in [1.82, 2.24) is 15.1 Å². The van der Waals surface area contributed by atoms with Crippen molar-refractivity contribution in [3.63, 3.8) is 0 Å². The van der Waals surface area contributed by atoms with Crippen molar-refractivity contribution in [1.29, 1.82) is 0 Å². The SMILES string of the molecule is CCc1nnc(NC(=O)N(C)C2CCN(c3ccccc3)C2=O)s1. The summed E-state index contributed by atoms with van der Waals surface area (Å²) >= 11 is 1.34. The van der Waals surface area contributed by atoms with E-state index in [2.05, 4.69) is 15.5 Å². The van der Waals surface area contributed by atoms with Crippen LogP contribution < -0.4 is 10.2 Å². The van der Waals surface area contributed by atoms with Crippen molar-refractivity contribution in [2.75, 3.05) is 23.8 Å². The third kappa shape index (κ3) is 3.23. The van der Waals surface area contributed by atoms with E-state index in [-0.39, 0.29) is 11.9 Å². The Kier molecular flexibility index (Phi) is 4.75. The lowest BCUT2D eigenvalue weighted by atomic mass is 10.2. The van der Waals surface area contributed by atoms with Gasteiger partial charge < -0.3 is 9.80 Å². The van der Waals surface area contributed by atoms with Crippen LogP contribution in [0.25, 0.3) is 0 Å². The topological polar surface area (TPSA) is 78.4 Å². The van der Waals surface area contributed by atoms with Crippen molar-refractivity contribution in [2.45, 2.75) is 25.8 Å². The predicted octanol–water partition coefficient (Wildman–Crippen LogP) is 2.37. The minimum absolute atomic E-state index is 0.0645. The summed E-state index contributed by atoms with van der Waals surface area (Å²) in [5, 5.41) is 11.9. The van der Waals surface area contributed by atoms with Crippen LogP contribution in [-0.4, -0.2) is 46.7 Å². The number of aromatic nitrogens is 2. The van der Waals surface area contributed by atoms with Crippen molar-refractivity contribution in [3.8, 4) is 0 Å². The molecule has 24 heavy (non-hydrogen) atoms. The van der Waals surface area contributed by atoms with Crippen LogP contribution in [0.5, 0.6) is 0 Å². The molecule has 2 aromatic rings. The van der Waals surface area contributed by atoms with E-state index in [1.165, 1.54) is 16.2 Å². The molecule has 0 bridgehead atoms. The number of likely N-dealkylation sites (N-methyl/N-ethyl adjacent to an activating group) is 1. The molecule has 0 saturated carbocycles. The molecule has 3 rings (SSSR count). The second-order valence-corrected chi connectivity index (χ2v) is 6.59. The zero-order valence-corrected chi connectivity index (χ0v) is 14.4. The van der Waals surface area contributed by atoms with E-state index in [9.17, 15) is 9.59 Å². The number of rotatable bonds is 4. The van der Waals surface area contributed by atoms with Crippen LogP contribution in [-0.2, 0) is 11.2 Å². The molecule has 1 aliphatic rings. The van der Waals surface area contributed by atoms with Gasteiger partial charge in [-0.25, -0.2) is 4.79 Å². The maximum Gasteiger partial charge on any atom is 0.324 e. The number of nitrogens with zero attached hydrogens (tertiary/aromatic N) is 4. The zero-order chi connectivity index (χ0) is 17.1. The normalized spacial score (nSPS) is 17.2. The highest BCUT2D eigenvalue weighted by atomic mass is 32.1. The molecule has 1 aromatic heterocycles. The van der Waals surface area contributed by atoms with Gasteiger partial charge in [0.15, 0.2) is 0 Å². The number of anilines is 2. The molecule has 3 amide bonds. The predicted molar refractivity (Wildman–Crippen MR) is 93.3 cm³/mol. The molecular formula is C16H19N5O2S. The number of benzene rings is 1. The van der Waals surface area contributed by atoms with Crippen molar-refractivity contribution in [3.05, 3.63) is 35.3 Å². The van der Waals surface area contributed by atoms with Crippen LogP contribution >= 0.6 is 11.3 Å². The number of nitrogens with one attached hydrogen (secondary N) is 1. The highest BCUT2D eigenvalue weighted by Crippen LogP contribution is 2.24. The molecule has 0 spiro atoms. The lowest BCUT2D eigenvalue weighted by Crippen LogP contribution is -2.44. The molecule has 1 aliphatic heterocycles. The quantitative estimate of drug-likeness (QED) is 0.923. The Morgan fingerprint density at radius 1 is 1.38 bits per heavy atom. The molecule has 1 N–H and O–H groups in total. The number of carbonyl (C=O) groups excluding carboxylic acids is 2.